The molecule has 1 atom stereocenters. The maximum atomic E-state index is 5.21. The van der Waals surface area contributed by atoms with Crippen LogP contribution in [0.3, 0.4) is 0 Å². The first kappa shape index (κ1) is 12.6. The number of aryl methyl sites for hydroxylation is 3. The second-order valence-corrected chi connectivity index (χ2v) is 5.44. The van der Waals surface area contributed by atoms with E-state index in [1.807, 2.05) is 0 Å². The third kappa shape index (κ3) is 3.10. The summed E-state index contributed by atoms with van der Waals surface area (Å²) in [5, 5.41) is 0. The molecule has 0 heterocycles. The molecule has 0 spiro atoms. The molecule has 1 nitrogen and oxygen atoms in total. The molecule has 2 rings (SSSR count). The Morgan fingerprint density at radius 2 is 1.94 bits per heavy atom. The van der Waals surface area contributed by atoms with Gasteiger partial charge < -0.3 is 4.74 Å². The van der Waals surface area contributed by atoms with Gasteiger partial charge in [0, 0.05) is 13.7 Å². The molecule has 0 amide bonds. The monoisotopic (exact) mass is 232 g/mol. The predicted octanol–water partition coefficient (Wildman–Crippen LogP) is 3.83. The van der Waals surface area contributed by atoms with Gasteiger partial charge in [-0.05, 0) is 68.6 Å². The summed E-state index contributed by atoms with van der Waals surface area (Å²) >= 11 is 0. The van der Waals surface area contributed by atoms with E-state index in [-0.39, 0.29) is 0 Å². The number of hydrogen-bond donors (Lipinski definition) is 0. The van der Waals surface area contributed by atoms with Crippen LogP contribution >= 0.6 is 0 Å². The molecule has 0 aliphatic heterocycles. The molecular weight excluding hydrogens is 208 g/mol. The van der Waals surface area contributed by atoms with Crippen molar-refractivity contribution in [2.45, 2.75) is 46.0 Å². The second kappa shape index (κ2) is 5.68. The molecule has 0 N–H and O–H groups in total. The summed E-state index contributed by atoms with van der Waals surface area (Å²) < 4.78 is 5.21. The highest BCUT2D eigenvalue weighted by molar-refractivity contribution is 5.39. The van der Waals surface area contributed by atoms with E-state index in [1.165, 1.54) is 43.2 Å². The summed E-state index contributed by atoms with van der Waals surface area (Å²) in [6.07, 6.45) is 6.41. The Labute approximate surface area is 105 Å². The van der Waals surface area contributed by atoms with Gasteiger partial charge in [0.1, 0.15) is 0 Å². The highest BCUT2D eigenvalue weighted by Gasteiger charge is 2.17. The lowest BCUT2D eigenvalue weighted by atomic mass is 9.95. The molecule has 0 radical (unpaired) electrons. The molecule has 1 aromatic rings. The van der Waals surface area contributed by atoms with Gasteiger partial charge in [0.15, 0.2) is 0 Å². The van der Waals surface area contributed by atoms with E-state index in [4.69, 9.17) is 4.74 Å². The lowest BCUT2D eigenvalue weighted by Crippen LogP contribution is -2.04. The van der Waals surface area contributed by atoms with E-state index in [0.29, 0.717) is 0 Å². The highest BCUT2D eigenvalue weighted by Crippen LogP contribution is 2.29. The summed E-state index contributed by atoms with van der Waals surface area (Å²) in [6, 6.07) is 4.72. The fourth-order valence-electron chi connectivity index (χ4n) is 3.09. The van der Waals surface area contributed by atoms with Crippen LogP contribution in [0, 0.1) is 19.8 Å². The van der Waals surface area contributed by atoms with Crippen LogP contribution in [0.15, 0.2) is 12.1 Å². The van der Waals surface area contributed by atoms with Gasteiger partial charge >= 0.3 is 0 Å². The zero-order chi connectivity index (χ0) is 12.3. The Hall–Kier alpha value is -0.820. The first-order valence-electron chi connectivity index (χ1n) is 6.78. The number of benzene rings is 1. The molecule has 1 aliphatic rings. The average molecular weight is 232 g/mol. The van der Waals surface area contributed by atoms with Crippen LogP contribution < -0.4 is 0 Å². The maximum Gasteiger partial charge on any atom is 0.0464 e. The maximum absolute atomic E-state index is 5.21. The van der Waals surface area contributed by atoms with Gasteiger partial charge in [0.25, 0.3) is 0 Å². The fraction of sp³-hybridized carbons (Fsp3) is 0.625. The molecule has 0 aromatic heterocycles. The van der Waals surface area contributed by atoms with Gasteiger partial charge in [0.05, 0.1) is 0 Å². The van der Waals surface area contributed by atoms with Gasteiger partial charge in [-0.1, -0.05) is 17.7 Å². The number of hydrogen-bond acceptors (Lipinski definition) is 1. The molecule has 0 saturated heterocycles. The molecule has 1 unspecified atom stereocenters. The molecule has 94 valence electrons. The number of rotatable bonds is 3. The van der Waals surface area contributed by atoms with Crippen molar-refractivity contribution < 1.29 is 4.74 Å². The normalized spacial score (nSPS) is 19.8. The van der Waals surface area contributed by atoms with E-state index >= 15 is 0 Å². The first-order chi connectivity index (χ1) is 8.20. The molecule has 1 aliphatic carbocycles. The van der Waals surface area contributed by atoms with Crippen molar-refractivity contribution in [1.29, 1.82) is 0 Å². The Morgan fingerprint density at radius 1 is 1.18 bits per heavy atom. The number of ether oxygens (including phenoxy) is 1. The van der Waals surface area contributed by atoms with E-state index in [2.05, 4.69) is 26.0 Å². The summed E-state index contributed by atoms with van der Waals surface area (Å²) in [5.74, 6) is 0.849. The van der Waals surface area contributed by atoms with Gasteiger partial charge in [-0.15, -0.1) is 0 Å². The summed E-state index contributed by atoms with van der Waals surface area (Å²) in [6.45, 7) is 5.39. The largest absolute Gasteiger partial charge is 0.385 e. The Kier molecular flexibility index (Phi) is 4.22. The van der Waals surface area contributed by atoms with Crippen molar-refractivity contribution in [2.75, 3.05) is 13.7 Å². The minimum Gasteiger partial charge on any atom is -0.385 e. The van der Waals surface area contributed by atoms with Crippen molar-refractivity contribution in [2.24, 2.45) is 5.92 Å². The molecule has 1 heteroatoms. The van der Waals surface area contributed by atoms with E-state index in [9.17, 15) is 0 Å². The van der Waals surface area contributed by atoms with Crippen molar-refractivity contribution in [3.63, 3.8) is 0 Å². The summed E-state index contributed by atoms with van der Waals surface area (Å²) in [5.41, 5.74) is 6.13. The minimum atomic E-state index is 0.849. The van der Waals surface area contributed by atoms with Gasteiger partial charge in [0.2, 0.25) is 0 Å². The average Bonchev–Trinajstić information content (AvgIpc) is 2.49. The molecule has 0 bridgehead atoms. The van der Waals surface area contributed by atoms with E-state index in [0.717, 1.165) is 12.5 Å². The van der Waals surface area contributed by atoms with Crippen molar-refractivity contribution in [3.05, 3.63) is 34.4 Å². The van der Waals surface area contributed by atoms with Gasteiger partial charge in [-0.2, -0.15) is 0 Å². The third-order valence-electron chi connectivity index (χ3n) is 4.06. The highest BCUT2D eigenvalue weighted by atomic mass is 16.5. The van der Waals surface area contributed by atoms with E-state index < -0.39 is 0 Å². The molecule has 1 aromatic carbocycles. The Bertz CT molecular complexity index is 381. The lowest BCUT2D eigenvalue weighted by Gasteiger charge is -2.12. The number of fused-ring (bicyclic) bond motifs is 1. The second-order valence-electron chi connectivity index (χ2n) is 5.44. The van der Waals surface area contributed by atoms with Crippen molar-refractivity contribution in [3.8, 4) is 0 Å². The first-order valence-corrected chi connectivity index (χ1v) is 6.78. The molecular formula is C16H24O. The van der Waals surface area contributed by atoms with Gasteiger partial charge in [-0.25, -0.2) is 0 Å². The van der Waals surface area contributed by atoms with Gasteiger partial charge in [-0.3, -0.25) is 0 Å². The standard InChI is InChI=1S/C16H24O/c1-12-10-13(2)16-7-5-14(8-9-17-3)4-6-15(16)11-12/h10-11,14H,4-9H2,1-3H3. The predicted molar refractivity (Wildman–Crippen MR) is 72.5 cm³/mol. The van der Waals surface area contributed by atoms with Crippen LogP contribution in [-0.4, -0.2) is 13.7 Å². The Morgan fingerprint density at radius 3 is 2.71 bits per heavy atom. The SMILES string of the molecule is COCCC1CCc2cc(C)cc(C)c2CC1. The fourth-order valence-corrected chi connectivity index (χ4v) is 3.09. The summed E-state index contributed by atoms with van der Waals surface area (Å²) in [7, 11) is 1.80. The zero-order valence-electron chi connectivity index (χ0n) is 11.4. The van der Waals surface area contributed by atoms with Crippen LogP contribution in [0.25, 0.3) is 0 Å². The van der Waals surface area contributed by atoms with Crippen LogP contribution in [0.5, 0.6) is 0 Å². The van der Waals surface area contributed by atoms with Crippen LogP contribution in [-0.2, 0) is 17.6 Å². The topological polar surface area (TPSA) is 9.23 Å². The smallest absolute Gasteiger partial charge is 0.0464 e. The quantitative estimate of drug-likeness (QED) is 0.720. The molecule has 17 heavy (non-hydrogen) atoms. The van der Waals surface area contributed by atoms with Crippen molar-refractivity contribution >= 4 is 0 Å². The molecule has 0 fully saturated rings. The van der Waals surface area contributed by atoms with Crippen LogP contribution in [0.2, 0.25) is 0 Å². The Balaban J connectivity index is 2.10. The minimum absolute atomic E-state index is 0.849. The van der Waals surface area contributed by atoms with Crippen molar-refractivity contribution in [1.82, 2.24) is 0 Å². The molecule has 0 saturated carbocycles. The van der Waals surface area contributed by atoms with Crippen LogP contribution in [0.4, 0.5) is 0 Å². The lowest BCUT2D eigenvalue weighted by molar-refractivity contribution is 0.173. The number of methoxy groups -OCH3 is 1. The summed E-state index contributed by atoms with van der Waals surface area (Å²) in [4.78, 5) is 0. The van der Waals surface area contributed by atoms with Crippen LogP contribution in [0.1, 0.15) is 41.5 Å². The zero-order valence-corrected chi connectivity index (χ0v) is 11.4. The van der Waals surface area contributed by atoms with E-state index in [1.54, 1.807) is 18.2 Å². The third-order valence-corrected chi connectivity index (χ3v) is 4.06.